The summed E-state index contributed by atoms with van der Waals surface area (Å²) in [6.07, 6.45) is 0. The van der Waals surface area contributed by atoms with Crippen molar-refractivity contribution in [3.8, 4) is 0 Å². The molecule has 0 saturated heterocycles. The summed E-state index contributed by atoms with van der Waals surface area (Å²) in [6.45, 7) is 5.59. The molecule has 5 nitrogen and oxygen atoms in total. The lowest BCUT2D eigenvalue weighted by atomic mass is 10.2. The molecule has 0 aliphatic heterocycles. The van der Waals surface area contributed by atoms with Crippen LogP contribution in [0.5, 0.6) is 0 Å². The predicted molar refractivity (Wildman–Crippen MR) is 70.3 cm³/mol. The highest BCUT2D eigenvalue weighted by Crippen LogP contribution is 2.27. The zero-order chi connectivity index (χ0) is 13.4. The summed E-state index contributed by atoms with van der Waals surface area (Å²) in [4.78, 5) is 29.3. The number of hydrogen-bond donors (Lipinski definition) is 0. The second-order valence-electron chi connectivity index (χ2n) is 3.98. The minimum atomic E-state index is -0.391. The molecule has 2 heterocycles. The minimum Gasteiger partial charge on any atom is -0.462 e. The van der Waals surface area contributed by atoms with Gasteiger partial charge in [-0.25, -0.2) is 9.78 Å². The molecule has 0 N–H and O–H groups in total. The smallest absolute Gasteiger partial charge is 0.348 e. The number of aryl methyl sites for hydroxylation is 2. The van der Waals surface area contributed by atoms with Gasteiger partial charge in [0, 0.05) is 7.05 Å². The van der Waals surface area contributed by atoms with Crippen LogP contribution in [0.3, 0.4) is 0 Å². The van der Waals surface area contributed by atoms with Gasteiger partial charge in [-0.15, -0.1) is 11.3 Å². The third-order valence-electron chi connectivity index (χ3n) is 2.86. The Balaban J connectivity index is 2.75. The van der Waals surface area contributed by atoms with E-state index in [1.54, 1.807) is 27.8 Å². The van der Waals surface area contributed by atoms with Gasteiger partial charge in [0.25, 0.3) is 5.56 Å². The van der Waals surface area contributed by atoms with E-state index in [1.807, 2.05) is 0 Å². The maximum atomic E-state index is 12.1. The number of fused-ring (bicyclic) bond motifs is 1. The van der Waals surface area contributed by atoms with Crippen molar-refractivity contribution >= 4 is 27.5 Å². The lowest BCUT2D eigenvalue weighted by Crippen LogP contribution is -2.20. The Morgan fingerprint density at radius 2 is 2.11 bits per heavy atom. The van der Waals surface area contributed by atoms with E-state index in [9.17, 15) is 9.59 Å². The molecular weight excluding hydrogens is 252 g/mol. The summed E-state index contributed by atoms with van der Waals surface area (Å²) < 4.78 is 6.46. The first-order chi connectivity index (χ1) is 8.47. The van der Waals surface area contributed by atoms with E-state index in [0.717, 1.165) is 0 Å². The monoisotopic (exact) mass is 266 g/mol. The molecule has 0 atom stereocenters. The SMILES string of the molecule is CCOC(=O)c1sc2nc(C)n(C)c(=O)c2c1C. The van der Waals surface area contributed by atoms with Crippen molar-refractivity contribution in [1.82, 2.24) is 9.55 Å². The van der Waals surface area contributed by atoms with Gasteiger partial charge in [0.2, 0.25) is 0 Å². The largest absolute Gasteiger partial charge is 0.462 e. The van der Waals surface area contributed by atoms with Crippen molar-refractivity contribution in [1.29, 1.82) is 0 Å². The van der Waals surface area contributed by atoms with Crippen molar-refractivity contribution in [3.05, 3.63) is 26.6 Å². The van der Waals surface area contributed by atoms with Gasteiger partial charge in [-0.3, -0.25) is 9.36 Å². The highest BCUT2D eigenvalue weighted by Gasteiger charge is 2.20. The zero-order valence-electron chi connectivity index (χ0n) is 10.7. The number of aromatic nitrogens is 2. The summed E-state index contributed by atoms with van der Waals surface area (Å²) in [6, 6.07) is 0. The van der Waals surface area contributed by atoms with Gasteiger partial charge in [0.05, 0.1) is 12.0 Å². The second-order valence-corrected chi connectivity index (χ2v) is 4.98. The standard InChI is InChI=1S/C12H14N2O3S/c1-5-17-12(16)9-6(2)8-10(18-9)13-7(3)14(4)11(8)15/h5H2,1-4H3. The third-order valence-corrected chi connectivity index (χ3v) is 4.02. The lowest BCUT2D eigenvalue weighted by molar-refractivity contribution is 0.0531. The number of hydrogen-bond acceptors (Lipinski definition) is 5. The van der Waals surface area contributed by atoms with E-state index in [2.05, 4.69) is 4.98 Å². The van der Waals surface area contributed by atoms with Gasteiger partial charge < -0.3 is 4.74 Å². The number of thiophene rings is 1. The average Bonchev–Trinajstić information content (AvgIpc) is 2.64. The van der Waals surface area contributed by atoms with Gasteiger partial charge >= 0.3 is 5.97 Å². The molecule has 0 unspecified atom stereocenters. The highest BCUT2D eigenvalue weighted by atomic mass is 32.1. The number of ether oxygens (including phenoxy) is 1. The molecule has 2 aromatic heterocycles. The van der Waals surface area contributed by atoms with Crippen LogP contribution < -0.4 is 5.56 Å². The van der Waals surface area contributed by atoms with Crippen LogP contribution in [-0.2, 0) is 11.8 Å². The molecule has 0 radical (unpaired) electrons. The summed E-state index contributed by atoms with van der Waals surface area (Å²) in [7, 11) is 1.67. The summed E-state index contributed by atoms with van der Waals surface area (Å²) in [5, 5.41) is 0.510. The molecule has 0 saturated carbocycles. The Kier molecular flexibility index (Phi) is 3.21. The van der Waals surface area contributed by atoms with Crippen LogP contribution in [0, 0.1) is 13.8 Å². The van der Waals surface area contributed by atoms with Crippen LogP contribution in [0.25, 0.3) is 10.2 Å². The van der Waals surface area contributed by atoms with Crippen molar-refractivity contribution in [2.45, 2.75) is 20.8 Å². The van der Waals surface area contributed by atoms with Gasteiger partial charge in [-0.1, -0.05) is 0 Å². The molecular formula is C12H14N2O3S. The van der Waals surface area contributed by atoms with Crippen molar-refractivity contribution in [2.75, 3.05) is 6.61 Å². The van der Waals surface area contributed by atoms with E-state index in [0.29, 0.717) is 33.1 Å². The molecule has 0 aliphatic carbocycles. The number of nitrogens with zero attached hydrogens (tertiary/aromatic N) is 2. The van der Waals surface area contributed by atoms with E-state index in [4.69, 9.17) is 4.74 Å². The molecule has 0 spiro atoms. The quantitative estimate of drug-likeness (QED) is 0.777. The third kappa shape index (κ3) is 1.82. The van der Waals surface area contributed by atoms with E-state index in [1.165, 1.54) is 15.9 Å². The summed E-state index contributed by atoms with van der Waals surface area (Å²) >= 11 is 1.21. The molecule has 0 aromatic carbocycles. The molecule has 0 bridgehead atoms. The fourth-order valence-corrected chi connectivity index (χ4v) is 2.87. The fourth-order valence-electron chi connectivity index (χ4n) is 1.76. The minimum absolute atomic E-state index is 0.123. The first-order valence-electron chi connectivity index (χ1n) is 5.61. The second kappa shape index (κ2) is 4.53. The topological polar surface area (TPSA) is 61.2 Å². The van der Waals surface area contributed by atoms with Crippen molar-refractivity contribution < 1.29 is 9.53 Å². The number of esters is 1. The highest BCUT2D eigenvalue weighted by molar-refractivity contribution is 7.20. The van der Waals surface area contributed by atoms with Crippen LogP contribution in [0.4, 0.5) is 0 Å². The first-order valence-corrected chi connectivity index (χ1v) is 6.42. The Bertz CT molecular complexity index is 685. The van der Waals surface area contributed by atoms with Gasteiger partial charge in [-0.05, 0) is 26.3 Å². The summed E-state index contributed by atoms with van der Waals surface area (Å²) in [5.41, 5.74) is 0.531. The Morgan fingerprint density at radius 3 is 2.72 bits per heavy atom. The van der Waals surface area contributed by atoms with Crippen LogP contribution in [0.2, 0.25) is 0 Å². The Hall–Kier alpha value is -1.69. The normalized spacial score (nSPS) is 10.9. The first kappa shape index (κ1) is 12.8. The Morgan fingerprint density at radius 1 is 1.44 bits per heavy atom. The molecule has 0 aliphatic rings. The van der Waals surface area contributed by atoms with Gasteiger partial charge in [0.15, 0.2) is 0 Å². The maximum Gasteiger partial charge on any atom is 0.348 e. The molecule has 2 rings (SSSR count). The van der Waals surface area contributed by atoms with E-state index in [-0.39, 0.29) is 5.56 Å². The predicted octanol–water partition coefficient (Wildman–Crippen LogP) is 1.79. The number of rotatable bonds is 2. The fraction of sp³-hybridized carbons (Fsp3) is 0.417. The van der Waals surface area contributed by atoms with E-state index >= 15 is 0 Å². The Labute approximate surface area is 108 Å². The van der Waals surface area contributed by atoms with Crippen LogP contribution >= 0.6 is 11.3 Å². The summed E-state index contributed by atoms with van der Waals surface area (Å²) in [5.74, 6) is 0.238. The van der Waals surface area contributed by atoms with Crippen molar-refractivity contribution in [2.24, 2.45) is 7.05 Å². The van der Waals surface area contributed by atoms with Gasteiger partial charge in [-0.2, -0.15) is 0 Å². The van der Waals surface area contributed by atoms with Crippen LogP contribution in [0.15, 0.2) is 4.79 Å². The zero-order valence-corrected chi connectivity index (χ0v) is 11.6. The maximum absolute atomic E-state index is 12.1. The molecule has 2 aromatic rings. The molecule has 6 heteroatoms. The van der Waals surface area contributed by atoms with Crippen molar-refractivity contribution in [3.63, 3.8) is 0 Å². The lowest BCUT2D eigenvalue weighted by Gasteiger charge is -2.02. The van der Waals surface area contributed by atoms with E-state index < -0.39 is 5.97 Å². The molecule has 96 valence electrons. The van der Waals surface area contributed by atoms with Crippen LogP contribution in [-0.4, -0.2) is 22.1 Å². The average molecular weight is 266 g/mol. The number of carbonyl (C=O) groups excluding carboxylic acids is 1. The van der Waals surface area contributed by atoms with Crippen LogP contribution in [0.1, 0.15) is 28.0 Å². The van der Waals surface area contributed by atoms with Gasteiger partial charge in [0.1, 0.15) is 15.5 Å². The molecule has 0 amide bonds. The molecule has 0 fully saturated rings. The molecule has 18 heavy (non-hydrogen) atoms. The number of carbonyl (C=O) groups is 1.